The lowest BCUT2D eigenvalue weighted by Crippen LogP contribution is -1.99. The molecule has 15 heavy (non-hydrogen) atoms. The standard InChI is InChI=1S/C11H15NOS2/c1-2-11(13)9-3-5-10(6-4-9)15-14-8-7-12/h3-6H,2,7-8,12H2,1H3. The van der Waals surface area contributed by atoms with E-state index in [9.17, 15) is 4.79 Å². The van der Waals surface area contributed by atoms with Gasteiger partial charge in [-0.3, -0.25) is 4.79 Å². The van der Waals surface area contributed by atoms with E-state index >= 15 is 0 Å². The van der Waals surface area contributed by atoms with Gasteiger partial charge in [0.05, 0.1) is 0 Å². The smallest absolute Gasteiger partial charge is 0.162 e. The Kier molecular flexibility index (Phi) is 5.83. The lowest BCUT2D eigenvalue weighted by Gasteiger charge is -2.01. The van der Waals surface area contributed by atoms with Crippen LogP contribution in [0.1, 0.15) is 23.7 Å². The first-order valence-electron chi connectivity index (χ1n) is 4.90. The van der Waals surface area contributed by atoms with E-state index < -0.39 is 0 Å². The summed E-state index contributed by atoms with van der Waals surface area (Å²) in [5, 5.41) is 0. The molecule has 0 saturated heterocycles. The van der Waals surface area contributed by atoms with Gasteiger partial charge in [-0.2, -0.15) is 0 Å². The van der Waals surface area contributed by atoms with Gasteiger partial charge in [0.1, 0.15) is 0 Å². The van der Waals surface area contributed by atoms with Crippen LogP contribution in [-0.2, 0) is 0 Å². The van der Waals surface area contributed by atoms with Crippen molar-refractivity contribution in [2.24, 2.45) is 5.73 Å². The number of carbonyl (C=O) groups excluding carboxylic acids is 1. The van der Waals surface area contributed by atoms with Crippen molar-refractivity contribution in [3.8, 4) is 0 Å². The minimum Gasteiger partial charge on any atom is -0.330 e. The third-order valence-corrected chi connectivity index (χ3v) is 4.27. The van der Waals surface area contributed by atoms with Gasteiger partial charge >= 0.3 is 0 Å². The Hall–Kier alpha value is -0.450. The molecule has 0 unspecified atom stereocenters. The number of carbonyl (C=O) groups is 1. The van der Waals surface area contributed by atoms with Crippen molar-refractivity contribution in [3.05, 3.63) is 29.8 Å². The summed E-state index contributed by atoms with van der Waals surface area (Å²) < 4.78 is 0. The molecule has 0 aliphatic carbocycles. The maximum absolute atomic E-state index is 11.4. The summed E-state index contributed by atoms with van der Waals surface area (Å²) >= 11 is 0. The third kappa shape index (κ3) is 4.28. The molecular formula is C11H15NOS2. The molecule has 0 heterocycles. The molecule has 0 aromatic heterocycles. The zero-order chi connectivity index (χ0) is 11.1. The predicted molar refractivity (Wildman–Crippen MR) is 68.4 cm³/mol. The van der Waals surface area contributed by atoms with Crippen molar-refractivity contribution in [1.82, 2.24) is 0 Å². The summed E-state index contributed by atoms with van der Waals surface area (Å²) in [6.07, 6.45) is 0.564. The van der Waals surface area contributed by atoms with Gasteiger partial charge in [-0.05, 0) is 12.1 Å². The summed E-state index contributed by atoms with van der Waals surface area (Å²) in [5.74, 6) is 1.14. The monoisotopic (exact) mass is 241 g/mol. The van der Waals surface area contributed by atoms with Gasteiger partial charge in [0.15, 0.2) is 5.78 Å². The van der Waals surface area contributed by atoms with E-state index in [4.69, 9.17) is 5.73 Å². The maximum Gasteiger partial charge on any atom is 0.162 e. The van der Waals surface area contributed by atoms with Crippen molar-refractivity contribution in [2.45, 2.75) is 18.2 Å². The van der Waals surface area contributed by atoms with Crippen LogP contribution < -0.4 is 5.73 Å². The van der Waals surface area contributed by atoms with E-state index in [1.54, 1.807) is 21.6 Å². The van der Waals surface area contributed by atoms with Gasteiger partial charge in [0, 0.05) is 29.2 Å². The Labute approximate surface area is 98.4 Å². The quantitative estimate of drug-likeness (QED) is 0.472. The number of hydrogen-bond acceptors (Lipinski definition) is 4. The van der Waals surface area contributed by atoms with Gasteiger partial charge in [-0.1, -0.05) is 40.6 Å². The van der Waals surface area contributed by atoms with Crippen molar-refractivity contribution >= 4 is 27.4 Å². The average molecular weight is 241 g/mol. The number of rotatable bonds is 6. The van der Waals surface area contributed by atoms with Crippen LogP contribution in [0.2, 0.25) is 0 Å². The van der Waals surface area contributed by atoms with Crippen LogP contribution >= 0.6 is 21.6 Å². The second kappa shape index (κ2) is 6.93. The first kappa shape index (κ1) is 12.6. The number of hydrogen-bond donors (Lipinski definition) is 1. The highest BCUT2D eigenvalue weighted by atomic mass is 33.1. The molecular weight excluding hydrogens is 226 g/mol. The minimum absolute atomic E-state index is 0.196. The zero-order valence-corrected chi connectivity index (χ0v) is 10.4. The SMILES string of the molecule is CCC(=O)c1ccc(SSCCN)cc1. The fourth-order valence-electron chi connectivity index (χ4n) is 1.06. The lowest BCUT2D eigenvalue weighted by atomic mass is 10.1. The van der Waals surface area contributed by atoms with E-state index in [0.717, 1.165) is 11.3 Å². The lowest BCUT2D eigenvalue weighted by molar-refractivity contribution is 0.0988. The molecule has 0 spiro atoms. The molecule has 0 fully saturated rings. The van der Waals surface area contributed by atoms with Crippen molar-refractivity contribution in [1.29, 1.82) is 0 Å². The molecule has 0 radical (unpaired) electrons. The van der Waals surface area contributed by atoms with Gasteiger partial charge in [-0.15, -0.1) is 0 Å². The number of nitrogens with two attached hydrogens (primary N) is 1. The highest BCUT2D eigenvalue weighted by molar-refractivity contribution is 8.76. The molecule has 0 aliphatic heterocycles. The molecule has 1 aromatic rings. The first-order valence-corrected chi connectivity index (χ1v) is 7.22. The fraction of sp³-hybridized carbons (Fsp3) is 0.364. The number of benzene rings is 1. The summed E-state index contributed by atoms with van der Waals surface area (Å²) in [4.78, 5) is 12.5. The third-order valence-electron chi connectivity index (χ3n) is 1.85. The van der Waals surface area contributed by atoms with E-state index in [1.807, 2.05) is 31.2 Å². The molecule has 82 valence electrons. The Morgan fingerprint density at radius 1 is 1.33 bits per heavy atom. The Morgan fingerprint density at radius 2 is 2.00 bits per heavy atom. The molecule has 0 atom stereocenters. The molecule has 0 bridgehead atoms. The zero-order valence-electron chi connectivity index (χ0n) is 8.73. The Bertz CT molecular complexity index is 311. The number of ketones is 1. The molecule has 0 aliphatic rings. The Morgan fingerprint density at radius 3 is 2.53 bits per heavy atom. The van der Waals surface area contributed by atoms with Gasteiger partial charge in [0.2, 0.25) is 0 Å². The second-order valence-corrected chi connectivity index (χ2v) is 5.48. The molecule has 2 N–H and O–H groups in total. The van der Waals surface area contributed by atoms with Gasteiger partial charge in [-0.25, -0.2) is 0 Å². The molecule has 1 rings (SSSR count). The molecule has 0 amide bonds. The van der Waals surface area contributed by atoms with Crippen molar-refractivity contribution in [3.63, 3.8) is 0 Å². The first-order chi connectivity index (χ1) is 7.27. The van der Waals surface area contributed by atoms with Crippen LogP contribution in [-0.4, -0.2) is 18.1 Å². The van der Waals surface area contributed by atoms with Crippen molar-refractivity contribution in [2.75, 3.05) is 12.3 Å². The Balaban J connectivity index is 2.52. The van der Waals surface area contributed by atoms with Gasteiger partial charge in [0.25, 0.3) is 0 Å². The summed E-state index contributed by atoms with van der Waals surface area (Å²) in [7, 11) is 3.43. The maximum atomic E-state index is 11.4. The van der Waals surface area contributed by atoms with E-state index in [-0.39, 0.29) is 5.78 Å². The predicted octanol–water partition coefficient (Wildman–Crippen LogP) is 2.98. The molecule has 4 heteroatoms. The largest absolute Gasteiger partial charge is 0.330 e. The highest BCUT2D eigenvalue weighted by Gasteiger charge is 2.02. The second-order valence-electron chi connectivity index (χ2n) is 3.00. The van der Waals surface area contributed by atoms with Gasteiger partial charge < -0.3 is 5.73 Å². The normalized spacial score (nSPS) is 10.3. The van der Waals surface area contributed by atoms with Crippen LogP contribution in [0.25, 0.3) is 0 Å². The van der Waals surface area contributed by atoms with E-state index in [1.165, 1.54) is 4.90 Å². The number of Topliss-reactive ketones (excluding diaryl/α,β-unsaturated/α-hetero) is 1. The topological polar surface area (TPSA) is 43.1 Å². The highest BCUT2D eigenvalue weighted by Crippen LogP contribution is 2.30. The summed E-state index contributed by atoms with van der Waals surface area (Å²) in [6.45, 7) is 2.58. The van der Waals surface area contributed by atoms with Crippen LogP contribution in [0.15, 0.2) is 29.2 Å². The fourth-order valence-corrected chi connectivity index (χ4v) is 2.90. The van der Waals surface area contributed by atoms with Crippen LogP contribution in [0.3, 0.4) is 0 Å². The summed E-state index contributed by atoms with van der Waals surface area (Å²) in [5.41, 5.74) is 6.19. The molecule has 1 aromatic carbocycles. The molecule has 2 nitrogen and oxygen atoms in total. The van der Waals surface area contributed by atoms with Crippen molar-refractivity contribution < 1.29 is 4.79 Å². The van der Waals surface area contributed by atoms with Crippen LogP contribution in [0.5, 0.6) is 0 Å². The van der Waals surface area contributed by atoms with E-state index in [0.29, 0.717) is 13.0 Å². The summed E-state index contributed by atoms with van der Waals surface area (Å²) in [6, 6.07) is 7.74. The van der Waals surface area contributed by atoms with E-state index in [2.05, 4.69) is 0 Å². The minimum atomic E-state index is 0.196. The molecule has 0 saturated carbocycles. The van der Waals surface area contributed by atoms with Crippen LogP contribution in [0, 0.1) is 0 Å². The average Bonchev–Trinajstić information content (AvgIpc) is 2.29. The van der Waals surface area contributed by atoms with Crippen LogP contribution in [0.4, 0.5) is 0 Å².